The molecule has 1 aromatic heterocycles. The number of carbonyl (C=O) groups excluding carboxylic acids is 2. The van der Waals surface area contributed by atoms with Crippen molar-refractivity contribution in [3.05, 3.63) is 89.1 Å². The van der Waals surface area contributed by atoms with Crippen LogP contribution >= 0.6 is 11.5 Å². The normalized spacial score (nSPS) is 10.6. The lowest BCUT2D eigenvalue weighted by Crippen LogP contribution is -2.23. The Morgan fingerprint density at radius 3 is 2.61 bits per heavy atom. The van der Waals surface area contributed by atoms with Crippen LogP contribution in [0.4, 0.5) is 5.69 Å². The lowest BCUT2D eigenvalue weighted by atomic mass is 10.1. The largest absolute Gasteiger partial charge is 0.496 e. The highest BCUT2D eigenvalue weighted by Gasteiger charge is 2.16. The minimum absolute atomic E-state index is 0.236. The van der Waals surface area contributed by atoms with Crippen LogP contribution in [0.1, 0.15) is 32.0 Å². The van der Waals surface area contributed by atoms with Crippen LogP contribution in [0.3, 0.4) is 0 Å². The number of nitrogens with one attached hydrogen (secondary N) is 2. The van der Waals surface area contributed by atoms with Gasteiger partial charge in [0.1, 0.15) is 11.4 Å². The Hall–Kier alpha value is -3.71. The van der Waals surface area contributed by atoms with E-state index in [1.807, 2.05) is 61.5 Å². The van der Waals surface area contributed by atoms with Gasteiger partial charge in [0, 0.05) is 28.7 Å². The van der Waals surface area contributed by atoms with Crippen LogP contribution in [0, 0.1) is 6.92 Å². The van der Waals surface area contributed by atoms with Crippen molar-refractivity contribution in [1.82, 2.24) is 9.69 Å². The molecular formula is C24H21N3O3S. The standard InChI is InChI=1S/C24H21N3O3S/c1-15-11-12-16(23(28)25-14-17-7-3-5-9-20(17)30-2)13-19(15)26-24(29)22-18-8-4-6-10-21(18)31-27-22/h3-13H,14H2,1-2H3,(H,25,28)(H,26,29). The van der Waals surface area contributed by atoms with E-state index in [0.29, 0.717) is 23.5 Å². The lowest BCUT2D eigenvalue weighted by molar-refractivity contribution is 0.0949. The molecule has 0 atom stereocenters. The molecule has 0 fully saturated rings. The van der Waals surface area contributed by atoms with E-state index in [1.165, 1.54) is 11.5 Å². The SMILES string of the molecule is COc1ccccc1CNC(=O)c1ccc(C)c(NC(=O)c2nsc3ccccc23)c1. The predicted molar refractivity (Wildman–Crippen MR) is 123 cm³/mol. The van der Waals surface area contributed by atoms with Gasteiger partial charge in [-0.15, -0.1) is 0 Å². The third-order valence-electron chi connectivity index (χ3n) is 4.97. The Balaban J connectivity index is 1.50. The topological polar surface area (TPSA) is 80.3 Å². The molecule has 4 rings (SSSR count). The summed E-state index contributed by atoms with van der Waals surface area (Å²) in [6, 6.07) is 20.4. The minimum Gasteiger partial charge on any atom is -0.496 e. The van der Waals surface area contributed by atoms with Gasteiger partial charge >= 0.3 is 0 Å². The van der Waals surface area contributed by atoms with Crippen molar-refractivity contribution >= 4 is 39.1 Å². The van der Waals surface area contributed by atoms with Crippen molar-refractivity contribution in [3.8, 4) is 5.75 Å². The smallest absolute Gasteiger partial charge is 0.276 e. The van der Waals surface area contributed by atoms with Gasteiger partial charge in [-0.2, -0.15) is 4.37 Å². The quantitative estimate of drug-likeness (QED) is 0.460. The fourth-order valence-corrected chi connectivity index (χ4v) is 4.03. The Kier molecular flexibility index (Phi) is 5.95. The molecule has 7 heteroatoms. The van der Waals surface area contributed by atoms with E-state index < -0.39 is 0 Å². The number of aromatic nitrogens is 1. The highest BCUT2D eigenvalue weighted by atomic mass is 32.1. The summed E-state index contributed by atoms with van der Waals surface area (Å²) in [7, 11) is 1.60. The molecule has 0 saturated carbocycles. The number of methoxy groups -OCH3 is 1. The molecule has 0 aliphatic heterocycles. The van der Waals surface area contributed by atoms with E-state index in [-0.39, 0.29) is 11.8 Å². The fourth-order valence-electron chi connectivity index (χ4n) is 3.26. The van der Waals surface area contributed by atoms with Crippen molar-refractivity contribution in [2.24, 2.45) is 0 Å². The summed E-state index contributed by atoms with van der Waals surface area (Å²) in [6.07, 6.45) is 0. The van der Waals surface area contributed by atoms with E-state index in [1.54, 1.807) is 19.2 Å². The molecule has 2 amide bonds. The predicted octanol–water partition coefficient (Wildman–Crippen LogP) is 4.80. The summed E-state index contributed by atoms with van der Waals surface area (Å²) in [6.45, 7) is 2.22. The van der Waals surface area contributed by atoms with Crippen LogP contribution < -0.4 is 15.4 Å². The molecule has 0 saturated heterocycles. The van der Waals surface area contributed by atoms with Crippen LogP contribution in [0.15, 0.2) is 66.7 Å². The zero-order valence-corrected chi connectivity index (χ0v) is 18.0. The number of ether oxygens (including phenoxy) is 1. The van der Waals surface area contributed by atoms with Crippen LogP contribution in [-0.2, 0) is 6.54 Å². The summed E-state index contributed by atoms with van der Waals surface area (Å²) in [5.74, 6) is 0.183. The van der Waals surface area contributed by atoms with E-state index in [2.05, 4.69) is 15.0 Å². The maximum atomic E-state index is 12.8. The number of rotatable bonds is 6. The van der Waals surface area contributed by atoms with Gasteiger partial charge in [0.25, 0.3) is 11.8 Å². The summed E-state index contributed by atoms with van der Waals surface area (Å²) in [5, 5.41) is 6.61. The van der Waals surface area contributed by atoms with Gasteiger partial charge in [-0.3, -0.25) is 9.59 Å². The van der Waals surface area contributed by atoms with Gasteiger partial charge in [-0.25, -0.2) is 0 Å². The highest BCUT2D eigenvalue weighted by Crippen LogP contribution is 2.24. The molecule has 1 heterocycles. The van der Waals surface area contributed by atoms with Gasteiger partial charge in [0.15, 0.2) is 0 Å². The van der Waals surface area contributed by atoms with E-state index in [9.17, 15) is 9.59 Å². The third-order valence-corrected chi connectivity index (χ3v) is 5.80. The average molecular weight is 432 g/mol. The van der Waals surface area contributed by atoms with Crippen molar-refractivity contribution in [3.63, 3.8) is 0 Å². The summed E-state index contributed by atoms with van der Waals surface area (Å²) in [5.41, 5.74) is 3.15. The first-order valence-corrected chi connectivity index (χ1v) is 10.5. The maximum Gasteiger partial charge on any atom is 0.276 e. The number of amides is 2. The number of hydrogen-bond donors (Lipinski definition) is 2. The van der Waals surface area contributed by atoms with Crippen LogP contribution in [0.2, 0.25) is 0 Å². The molecule has 0 aliphatic rings. The second-order valence-corrected chi connectivity index (χ2v) is 7.81. The molecule has 6 nitrogen and oxygen atoms in total. The number of nitrogens with zero attached hydrogens (tertiary/aromatic N) is 1. The second kappa shape index (κ2) is 8.97. The summed E-state index contributed by atoms with van der Waals surface area (Å²) in [4.78, 5) is 25.5. The van der Waals surface area contributed by atoms with E-state index >= 15 is 0 Å². The van der Waals surface area contributed by atoms with Crippen molar-refractivity contribution < 1.29 is 14.3 Å². The minimum atomic E-state index is -0.299. The first-order valence-electron chi connectivity index (χ1n) is 9.73. The molecule has 4 aromatic rings. The highest BCUT2D eigenvalue weighted by molar-refractivity contribution is 7.13. The van der Waals surface area contributed by atoms with Gasteiger partial charge in [0.05, 0.1) is 11.8 Å². The van der Waals surface area contributed by atoms with Crippen molar-refractivity contribution in [2.45, 2.75) is 13.5 Å². The zero-order valence-electron chi connectivity index (χ0n) is 17.1. The average Bonchev–Trinajstić information content (AvgIpc) is 3.23. The Bertz CT molecular complexity index is 1270. The van der Waals surface area contributed by atoms with Crippen molar-refractivity contribution in [2.75, 3.05) is 12.4 Å². The molecule has 3 aromatic carbocycles. The van der Waals surface area contributed by atoms with Crippen LogP contribution in [-0.4, -0.2) is 23.3 Å². The molecule has 156 valence electrons. The summed E-state index contributed by atoms with van der Waals surface area (Å²) < 4.78 is 10.6. The molecule has 0 bridgehead atoms. The number of anilines is 1. The zero-order chi connectivity index (χ0) is 21.8. The third kappa shape index (κ3) is 4.41. The first kappa shape index (κ1) is 20.6. The molecular weight excluding hydrogens is 410 g/mol. The molecule has 31 heavy (non-hydrogen) atoms. The number of carbonyl (C=O) groups is 2. The van der Waals surface area contributed by atoms with E-state index in [4.69, 9.17) is 4.74 Å². The van der Waals surface area contributed by atoms with Crippen LogP contribution in [0.5, 0.6) is 5.75 Å². The Morgan fingerprint density at radius 2 is 1.77 bits per heavy atom. The van der Waals surface area contributed by atoms with Gasteiger partial charge in [-0.1, -0.05) is 42.5 Å². The molecule has 0 unspecified atom stereocenters. The second-order valence-electron chi connectivity index (χ2n) is 7.01. The lowest BCUT2D eigenvalue weighted by Gasteiger charge is -2.12. The monoisotopic (exact) mass is 431 g/mol. The van der Waals surface area contributed by atoms with Crippen molar-refractivity contribution in [1.29, 1.82) is 0 Å². The van der Waals surface area contributed by atoms with Gasteiger partial charge < -0.3 is 15.4 Å². The van der Waals surface area contributed by atoms with Crippen LogP contribution in [0.25, 0.3) is 10.1 Å². The fraction of sp³-hybridized carbons (Fsp3) is 0.125. The Morgan fingerprint density at radius 1 is 1.00 bits per heavy atom. The Labute approximate surface area is 184 Å². The maximum absolute atomic E-state index is 12.8. The van der Waals surface area contributed by atoms with Gasteiger partial charge in [0.2, 0.25) is 0 Å². The number of fused-ring (bicyclic) bond motifs is 1. The van der Waals surface area contributed by atoms with Gasteiger partial charge in [-0.05, 0) is 48.3 Å². The number of aryl methyl sites for hydroxylation is 1. The molecule has 0 aliphatic carbocycles. The first-order chi connectivity index (χ1) is 15.1. The summed E-state index contributed by atoms with van der Waals surface area (Å²) >= 11 is 1.29. The molecule has 0 spiro atoms. The molecule has 0 radical (unpaired) electrons. The number of para-hydroxylation sites is 1. The number of hydrogen-bond acceptors (Lipinski definition) is 5. The van der Waals surface area contributed by atoms with E-state index in [0.717, 1.165) is 27.0 Å². The molecule has 2 N–H and O–H groups in total. The number of benzene rings is 3.